The van der Waals surface area contributed by atoms with Crippen LogP contribution < -0.4 is 10.0 Å². The molecule has 1 aromatic carbocycles. The normalized spacial score (nSPS) is 15.2. The summed E-state index contributed by atoms with van der Waals surface area (Å²) < 4.78 is 22.8. The van der Waals surface area contributed by atoms with Gasteiger partial charge < -0.3 is 10.0 Å². The molecule has 1 aromatic rings. The first-order chi connectivity index (χ1) is 9.70. The zero-order valence-electron chi connectivity index (χ0n) is 12.1. The minimum absolute atomic E-state index is 0.0316. The quantitative estimate of drug-likeness (QED) is 0.832. The van der Waals surface area contributed by atoms with E-state index in [-0.39, 0.29) is 16.5 Å². The predicted molar refractivity (Wildman–Crippen MR) is 80.0 cm³/mol. The topological polar surface area (TPSA) is 101 Å². The van der Waals surface area contributed by atoms with E-state index < -0.39 is 16.0 Å². The largest absolute Gasteiger partial charge is 0.478 e. The first-order valence-corrected chi connectivity index (χ1v) is 8.41. The van der Waals surface area contributed by atoms with Crippen molar-refractivity contribution < 1.29 is 18.3 Å². The van der Waals surface area contributed by atoms with Crippen LogP contribution >= 0.6 is 0 Å². The average molecular weight is 312 g/mol. The number of hydrogen-bond donors (Lipinski definition) is 2. The fraction of sp³-hybridized carbons (Fsp3) is 0.500. The molecule has 3 N–H and O–H groups in total. The van der Waals surface area contributed by atoms with Gasteiger partial charge in [-0.05, 0) is 50.8 Å². The van der Waals surface area contributed by atoms with Crippen LogP contribution in [0.1, 0.15) is 37.0 Å². The van der Waals surface area contributed by atoms with Crippen molar-refractivity contribution in [2.45, 2.75) is 37.6 Å². The lowest BCUT2D eigenvalue weighted by molar-refractivity contribution is 0.0697. The maximum absolute atomic E-state index is 11.5. The molecule has 0 bridgehead atoms. The van der Waals surface area contributed by atoms with Crippen LogP contribution in [0.5, 0.6) is 0 Å². The van der Waals surface area contributed by atoms with Crippen LogP contribution in [-0.2, 0) is 10.0 Å². The van der Waals surface area contributed by atoms with Crippen LogP contribution in [0.15, 0.2) is 23.1 Å². The number of primary sulfonamides is 1. The molecule has 1 aliphatic carbocycles. The van der Waals surface area contributed by atoms with E-state index in [1.807, 2.05) is 18.7 Å². The molecule has 1 fully saturated rings. The van der Waals surface area contributed by atoms with Gasteiger partial charge in [0, 0.05) is 12.6 Å². The van der Waals surface area contributed by atoms with Gasteiger partial charge in [-0.25, -0.2) is 18.4 Å². The summed E-state index contributed by atoms with van der Waals surface area (Å²) in [7, 11) is -3.91. The third-order valence-electron chi connectivity index (χ3n) is 3.61. The molecule has 0 radical (unpaired) electrons. The van der Waals surface area contributed by atoms with E-state index in [1.165, 1.54) is 12.1 Å². The van der Waals surface area contributed by atoms with E-state index in [9.17, 15) is 18.3 Å². The van der Waals surface area contributed by atoms with Crippen molar-refractivity contribution in [3.63, 3.8) is 0 Å². The van der Waals surface area contributed by atoms with Gasteiger partial charge in [0.2, 0.25) is 10.0 Å². The molecule has 0 saturated heterocycles. The lowest BCUT2D eigenvalue weighted by Gasteiger charge is -2.30. The Labute approximate surface area is 124 Å². The molecule has 0 unspecified atom stereocenters. The second-order valence-electron chi connectivity index (χ2n) is 5.72. The standard InChI is InChI=1S/C14H20N2O4S/c1-9(2)16(8-10-3-4-10)13-6-5-11(21(15,19)20)7-12(13)14(17)18/h5-7,9-10H,3-4,8H2,1-2H3,(H,17,18)(H2,15,19,20). The minimum Gasteiger partial charge on any atom is -0.478 e. The van der Waals surface area contributed by atoms with E-state index in [0.29, 0.717) is 11.6 Å². The van der Waals surface area contributed by atoms with Gasteiger partial charge in [-0.2, -0.15) is 0 Å². The number of carboxylic acid groups (broad SMARTS) is 1. The van der Waals surface area contributed by atoms with Crippen molar-refractivity contribution >= 4 is 21.7 Å². The summed E-state index contributed by atoms with van der Waals surface area (Å²) in [5, 5.41) is 14.4. The Morgan fingerprint density at radius 2 is 2.05 bits per heavy atom. The lowest BCUT2D eigenvalue weighted by Crippen LogP contribution is -2.34. The molecule has 0 aromatic heterocycles. The lowest BCUT2D eigenvalue weighted by atomic mass is 10.1. The third kappa shape index (κ3) is 3.74. The second-order valence-corrected chi connectivity index (χ2v) is 7.28. The van der Waals surface area contributed by atoms with Crippen LogP contribution in [0.3, 0.4) is 0 Å². The minimum atomic E-state index is -3.91. The molecule has 116 valence electrons. The summed E-state index contributed by atoms with van der Waals surface area (Å²) in [4.78, 5) is 13.3. The van der Waals surface area contributed by atoms with Crippen molar-refractivity contribution in [3.05, 3.63) is 23.8 Å². The first kappa shape index (κ1) is 15.8. The molecule has 0 spiro atoms. The molecule has 1 aliphatic rings. The maximum Gasteiger partial charge on any atom is 0.337 e. The Bertz CT molecular complexity index is 651. The molecule has 6 nitrogen and oxygen atoms in total. The van der Waals surface area contributed by atoms with Crippen LogP contribution in [0.25, 0.3) is 0 Å². The summed E-state index contributed by atoms with van der Waals surface area (Å²) in [5.41, 5.74) is 0.507. The Morgan fingerprint density at radius 1 is 1.43 bits per heavy atom. The molecule has 2 rings (SSSR count). The van der Waals surface area contributed by atoms with Gasteiger partial charge in [0.15, 0.2) is 0 Å². The fourth-order valence-electron chi connectivity index (χ4n) is 2.28. The first-order valence-electron chi connectivity index (χ1n) is 6.87. The van der Waals surface area contributed by atoms with Gasteiger partial charge >= 0.3 is 5.97 Å². The highest BCUT2D eigenvalue weighted by atomic mass is 32.2. The summed E-state index contributed by atoms with van der Waals surface area (Å²) in [6.45, 7) is 4.76. The van der Waals surface area contributed by atoms with Crippen molar-refractivity contribution in [1.82, 2.24) is 0 Å². The summed E-state index contributed by atoms with van der Waals surface area (Å²) in [6, 6.07) is 4.16. The third-order valence-corrected chi connectivity index (χ3v) is 4.52. The van der Waals surface area contributed by atoms with Gasteiger partial charge in [-0.15, -0.1) is 0 Å². The van der Waals surface area contributed by atoms with Crippen LogP contribution in [0, 0.1) is 5.92 Å². The number of hydrogen-bond acceptors (Lipinski definition) is 4. The number of anilines is 1. The highest BCUT2D eigenvalue weighted by Gasteiger charge is 2.28. The van der Waals surface area contributed by atoms with Crippen LogP contribution in [0.4, 0.5) is 5.69 Å². The zero-order chi connectivity index (χ0) is 15.8. The maximum atomic E-state index is 11.5. The number of rotatable bonds is 6. The number of aromatic carboxylic acids is 1. The summed E-state index contributed by atoms with van der Waals surface area (Å²) in [5.74, 6) is -0.566. The van der Waals surface area contributed by atoms with E-state index in [2.05, 4.69) is 0 Å². The van der Waals surface area contributed by atoms with Crippen molar-refractivity contribution in [2.75, 3.05) is 11.4 Å². The van der Waals surface area contributed by atoms with E-state index in [0.717, 1.165) is 25.5 Å². The second kappa shape index (κ2) is 5.65. The number of sulfonamides is 1. The molecule has 0 aliphatic heterocycles. The molecule has 0 atom stereocenters. The zero-order valence-corrected chi connectivity index (χ0v) is 12.9. The van der Waals surface area contributed by atoms with E-state index in [1.54, 1.807) is 0 Å². The van der Waals surface area contributed by atoms with Gasteiger partial charge in [-0.3, -0.25) is 0 Å². The Kier molecular flexibility index (Phi) is 4.25. The average Bonchev–Trinajstić information content (AvgIpc) is 3.17. The van der Waals surface area contributed by atoms with E-state index in [4.69, 9.17) is 5.14 Å². The van der Waals surface area contributed by atoms with Crippen LogP contribution in [-0.4, -0.2) is 32.1 Å². The highest BCUT2D eigenvalue weighted by molar-refractivity contribution is 7.89. The number of carbonyl (C=O) groups is 1. The number of carboxylic acids is 1. The van der Waals surface area contributed by atoms with E-state index >= 15 is 0 Å². The molecule has 7 heteroatoms. The number of nitrogens with zero attached hydrogens (tertiary/aromatic N) is 1. The SMILES string of the molecule is CC(C)N(CC1CC1)c1ccc(S(N)(=O)=O)cc1C(=O)O. The Balaban J connectivity index is 2.47. The molecular formula is C14H20N2O4S. The number of nitrogens with two attached hydrogens (primary N) is 1. The Morgan fingerprint density at radius 3 is 2.48 bits per heavy atom. The van der Waals surface area contributed by atoms with Gasteiger partial charge in [0.25, 0.3) is 0 Å². The monoisotopic (exact) mass is 312 g/mol. The molecule has 0 amide bonds. The number of benzene rings is 1. The molecule has 0 heterocycles. The predicted octanol–water partition coefficient (Wildman–Crippen LogP) is 1.66. The van der Waals surface area contributed by atoms with Gasteiger partial charge in [-0.1, -0.05) is 0 Å². The van der Waals surface area contributed by atoms with Crippen molar-refractivity contribution in [2.24, 2.45) is 11.1 Å². The molecular weight excluding hydrogens is 292 g/mol. The van der Waals surface area contributed by atoms with Crippen molar-refractivity contribution in [3.8, 4) is 0 Å². The van der Waals surface area contributed by atoms with Gasteiger partial charge in [0.1, 0.15) is 0 Å². The summed E-state index contributed by atoms with van der Waals surface area (Å²) >= 11 is 0. The fourth-order valence-corrected chi connectivity index (χ4v) is 2.82. The molecule has 1 saturated carbocycles. The summed E-state index contributed by atoms with van der Waals surface area (Å²) in [6.07, 6.45) is 2.31. The molecule has 21 heavy (non-hydrogen) atoms. The van der Waals surface area contributed by atoms with Gasteiger partial charge in [0.05, 0.1) is 16.1 Å². The highest BCUT2D eigenvalue weighted by Crippen LogP contribution is 2.34. The smallest absolute Gasteiger partial charge is 0.337 e. The Hall–Kier alpha value is -1.60. The van der Waals surface area contributed by atoms with Crippen molar-refractivity contribution in [1.29, 1.82) is 0 Å². The van der Waals surface area contributed by atoms with Crippen LogP contribution in [0.2, 0.25) is 0 Å².